The zero-order valence-electron chi connectivity index (χ0n) is 22.0. The van der Waals surface area contributed by atoms with Crippen molar-refractivity contribution < 1.29 is 18.9 Å². The SMILES string of the molecule is CCCCC(=O)C1c2ccccc2NC2=C(C(=O)CC(C)(C)C2)C1c1ccc(-c2ccc([N+](=O)[O-])cc2)o1. The summed E-state index contributed by atoms with van der Waals surface area (Å²) in [6.45, 7) is 6.24. The van der Waals surface area contributed by atoms with Crippen molar-refractivity contribution in [2.75, 3.05) is 5.32 Å². The number of carbonyl (C=O) groups excluding carboxylic acids is 2. The summed E-state index contributed by atoms with van der Waals surface area (Å²) < 4.78 is 6.38. The molecule has 2 aromatic carbocycles. The molecule has 3 aromatic rings. The molecule has 7 nitrogen and oxygen atoms in total. The van der Waals surface area contributed by atoms with Gasteiger partial charge in [-0.3, -0.25) is 19.7 Å². The average Bonchev–Trinajstić information content (AvgIpc) is 3.31. The number of furan rings is 1. The first-order chi connectivity index (χ1) is 18.2. The number of anilines is 1. The lowest BCUT2D eigenvalue weighted by Crippen LogP contribution is -2.32. The zero-order chi connectivity index (χ0) is 27.0. The first-order valence-electron chi connectivity index (χ1n) is 13.2. The van der Waals surface area contributed by atoms with E-state index >= 15 is 0 Å². The molecule has 1 aliphatic carbocycles. The Labute approximate surface area is 222 Å². The molecule has 0 bridgehead atoms. The van der Waals surface area contributed by atoms with Crippen LogP contribution in [0, 0.1) is 15.5 Å². The van der Waals surface area contributed by atoms with Gasteiger partial charge in [0, 0.05) is 47.5 Å². The van der Waals surface area contributed by atoms with Crippen LogP contribution in [0.15, 0.2) is 76.4 Å². The van der Waals surface area contributed by atoms with Crippen molar-refractivity contribution in [3.05, 3.63) is 93.4 Å². The van der Waals surface area contributed by atoms with E-state index in [1.54, 1.807) is 12.1 Å². The van der Waals surface area contributed by atoms with Crippen LogP contribution in [0.25, 0.3) is 11.3 Å². The number of para-hydroxylation sites is 1. The molecule has 0 saturated carbocycles. The summed E-state index contributed by atoms with van der Waals surface area (Å²) in [4.78, 5) is 38.3. The molecule has 1 N–H and O–H groups in total. The number of nitro groups is 1. The van der Waals surface area contributed by atoms with Gasteiger partial charge in [0.25, 0.3) is 5.69 Å². The maximum atomic E-state index is 13.9. The molecule has 2 atom stereocenters. The number of allylic oxidation sites excluding steroid dienone is 2. The van der Waals surface area contributed by atoms with Gasteiger partial charge in [-0.15, -0.1) is 0 Å². The Hall–Kier alpha value is -4.00. The Kier molecular flexibility index (Phi) is 6.78. The van der Waals surface area contributed by atoms with E-state index in [-0.39, 0.29) is 22.7 Å². The van der Waals surface area contributed by atoms with E-state index in [2.05, 4.69) is 26.1 Å². The number of unbranched alkanes of at least 4 members (excludes halogenated alkanes) is 1. The third kappa shape index (κ3) is 4.80. The van der Waals surface area contributed by atoms with E-state index < -0.39 is 16.8 Å². The summed E-state index contributed by atoms with van der Waals surface area (Å²) >= 11 is 0. The lowest BCUT2D eigenvalue weighted by Gasteiger charge is -2.34. The minimum atomic E-state index is -0.571. The highest BCUT2D eigenvalue weighted by molar-refractivity contribution is 6.02. The van der Waals surface area contributed by atoms with Crippen LogP contribution >= 0.6 is 0 Å². The standard InChI is InChI=1S/C31H32N2O5/c1-4-5-10-24(34)28-21-8-6-7-9-22(21)32-23-17-31(2,3)18-25(35)29(23)30(28)27-16-15-26(38-27)19-11-13-20(14-12-19)33(36)37/h6-9,11-16,28,30,32H,4-5,10,17-18H2,1-3H3. The summed E-state index contributed by atoms with van der Waals surface area (Å²) in [5.74, 6) is 0.0618. The molecule has 5 rings (SSSR count). The highest BCUT2D eigenvalue weighted by Gasteiger charge is 2.45. The number of Topliss-reactive ketones (excluding diaryl/α,β-unsaturated/α-hetero) is 2. The Morgan fingerprint density at radius 1 is 1.08 bits per heavy atom. The van der Waals surface area contributed by atoms with Crippen LogP contribution in [0.5, 0.6) is 0 Å². The van der Waals surface area contributed by atoms with Crippen molar-refractivity contribution in [3.63, 3.8) is 0 Å². The number of nitrogens with one attached hydrogen (secondary N) is 1. The van der Waals surface area contributed by atoms with Crippen LogP contribution in [0.2, 0.25) is 0 Å². The second kappa shape index (κ2) is 10.0. The van der Waals surface area contributed by atoms with E-state index in [1.807, 2.05) is 36.4 Å². The number of ketones is 2. The molecule has 0 fully saturated rings. The molecule has 0 amide bonds. The summed E-state index contributed by atoms with van der Waals surface area (Å²) in [5.41, 5.74) is 3.67. The van der Waals surface area contributed by atoms with Gasteiger partial charge in [-0.05, 0) is 54.2 Å². The molecule has 2 aliphatic rings. The maximum absolute atomic E-state index is 13.9. The quantitative estimate of drug-likeness (QED) is 0.259. The third-order valence-electron chi connectivity index (χ3n) is 7.57. The molecular weight excluding hydrogens is 480 g/mol. The summed E-state index contributed by atoms with van der Waals surface area (Å²) in [6, 6.07) is 17.6. The molecule has 2 unspecified atom stereocenters. The highest BCUT2D eigenvalue weighted by atomic mass is 16.6. The first kappa shape index (κ1) is 25.6. The Morgan fingerprint density at radius 2 is 1.82 bits per heavy atom. The second-order valence-corrected chi connectivity index (χ2v) is 11.1. The number of hydrogen-bond acceptors (Lipinski definition) is 6. The lowest BCUT2D eigenvalue weighted by atomic mass is 9.68. The van der Waals surface area contributed by atoms with Gasteiger partial charge < -0.3 is 9.73 Å². The fraction of sp³-hybridized carbons (Fsp3) is 0.355. The van der Waals surface area contributed by atoms with Crippen molar-refractivity contribution in [2.24, 2.45) is 5.41 Å². The Morgan fingerprint density at radius 3 is 2.53 bits per heavy atom. The van der Waals surface area contributed by atoms with Crippen LogP contribution < -0.4 is 5.32 Å². The molecule has 2 heterocycles. The predicted octanol–water partition coefficient (Wildman–Crippen LogP) is 7.55. The molecule has 1 aromatic heterocycles. The summed E-state index contributed by atoms with van der Waals surface area (Å²) in [6.07, 6.45) is 3.17. The van der Waals surface area contributed by atoms with Crippen molar-refractivity contribution in [1.82, 2.24) is 0 Å². The van der Waals surface area contributed by atoms with Gasteiger partial charge in [0.2, 0.25) is 0 Å². The number of fused-ring (bicyclic) bond motifs is 1. The summed E-state index contributed by atoms with van der Waals surface area (Å²) in [5, 5.41) is 14.6. The van der Waals surface area contributed by atoms with Crippen LogP contribution in [0.1, 0.15) is 76.0 Å². The topological polar surface area (TPSA) is 102 Å². The molecular formula is C31H32N2O5. The van der Waals surface area contributed by atoms with Crippen molar-refractivity contribution in [1.29, 1.82) is 0 Å². The largest absolute Gasteiger partial charge is 0.460 e. The molecule has 7 heteroatoms. The van der Waals surface area contributed by atoms with Gasteiger partial charge in [-0.1, -0.05) is 45.4 Å². The van der Waals surface area contributed by atoms with Crippen LogP contribution in [-0.4, -0.2) is 16.5 Å². The van der Waals surface area contributed by atoms with Gasteiger partial charge in [-0.2, -0.15) is 0 Å². The number of nitro benzene ring substituents is 1. The third-order valence-corrected chi connectivity index (χ3v) is 7.57. The minimum absolute atomic E-state index is 0.00113. The average molecular weight is 513 g/mol. The predicted molar refractivity (Wildman–Crippen MR) is 146 cm³/mol. The number of non-ortho nitro benzene ring substituents is 1. The van der Waals surface area contributed by atoms with Crippen molar-refractivity contribution >= 4 is 22.9 Å². The lowest BCUT2D eigenvalue weighted by molar-refractivity contribution is -0.384. The normalized spacial score (nSPS) is 20.2. The Balaban J connectivity index is 1.67. The Bertz CT molecular complexity index is 1430. The maximum Gasteiger partial charge on any atom is 0.269 e. The number of nitrogens with zero attached hydrogens (tertiary/aromatic N) is 1. The van der Waals surface area contributed by atoms with E-state index in [4.69, 9.17) is 4.42 Å². The van der Waals surface area contributed by atoms with Gasteiger partial charge >= 0.3 is 0 Å². The number of rotatable bonds is 7. The zero-order valence-corrected chi connectivity index (χ0v) is 22.0. The fourth-order valence-corrected chi connectivity index (χ4v) is 5.79. The van der Waals surface area contributed by atoms with Crippen LogP contribution in [-0.2, 0) is 9.59 Å². The smallest absolute Gasteiger partial charge is 0.269 e. The molecule has 0 spiro atoms. The van der Waals surface area contributed by atoms with Gasteiger partial charge in [0.15, 0.2) is 5.78 Å². The fourth-order valence-electron chi connectivity index (χ4n) is 5.79. The molecule has 196 valence electrons. The van der Waals surface area contributed by atoms with E-state index in [9.17, 15) is 19.7 Å². The number of carbonyl (C=O) groups is 2. The van der Waals surface area contributed by atoms with Gasteiger partial charge in [0.1, 0.15) is 17.3 Å². The van der Waals surface area contributed by atoms with E-state index in [1.165, 1.54) is 12.1 Å². The molecule has 0 saturated heterocycles. The number of hydrogen-bond donors (Lipinski definition) is 1. The molecule has 38 heavy (non-hydrogen) atoms. The highest BCUT2D eigenvalue weighted by Crippen LogP contribution is 2.51. The molecule has 0 radical (unpaired) electrons. The first-order valence-corrected chi connectivity index (χ1v) is 13.2. The van der Waals surface area contributed by atoms with Gasteiger partial charge in [-0.25, -0.2) is 0 Å². The van der Waals surface area contributed by atoms with Crippen LogP contribution in [0.3, 0.4) is 0 Å². The van der Waals surface area contributed by atoms with Crippen molar-refractivity contribution in [2.45, 2.75) is 64.7 Å². The van der Waals surface area contributed by atoms with E-state index in [0.29, 0.717) is 41.9 Å². The minimum Gasteiger partial charge on any atom is -0.460 e. The van der Waals surface area contributed by atoms with E-state index in [0.717, 1.165) is 29.8 Å². The monoisotopic (exact) mass is 512 g/mol. The van der Waals surface area contributed by atoms with Crippen molar-refractivity contribution in [3.8, 4) is 11.3 Å². The van der Waals surface area contributed by atoms with Gasteiger partial charge in [0.05, 0.1) is 16.8 Å². The van der Waals surface area contributed by atoms with Crippen LogP contribution in [0.4, 0.5) is 11.4 Å². The number of benzene rings is 2. The molecule has 1 aliphatic heterocycles. The summed E-state index contributed by atoms with van der Waals surface area (Å²) in [7, 11) is 0. The second-order valence-electron chi connectivity index (χ2n) is 11.1.